The molecule has 4 nitrogen and oxygen atoms in total. The van der Waals surface area contributed by atoms with Crippen LogP contribution >= 0.6 is 0 Å². The second-order valence-electron chi connectivity index (χ2n) is 7.52. The van der Waals surface area contributed by atoms with Crippen LogP contribution in [0.4, 0.5) is 4.39 Å². The van der Waals surface area contributed by atoms with Crippen molar-refractivity contribution in [2.45, 2.75) is 58.0 Å². The van der Waals surface area contributed by atoms with Gasteiger partial charge in [-0.1, -0.05) is 37.6 Å². The van der Waals surface area contributed by atoms with Gasteiger partial charge in [0.2, 0.25) is 0 Å². The molecule has 0 heterocycles. The number of ether oxygens (including phenoxy) is 2. The molecule has 2 aromatic rings. The van der Waals surface area contributed by atoms with Crippen molar-refractivity contribution in [2.24, 2.45) is 5.92 Å². The molecule has 0 atom stereocenters. The minimum Gasteiger partial charge on any atom is -0.462 e. The summed E-state index contributed by atoms with van der Waals surface area (Å²) in [6.45, 7) is 2.04. The summed E-state index contributed by atoms with van der Waals surface area (Å²) in [5.74, 6) is -0.328. The van der Waals surface area contributed by atoms with E-state index in [0.717, 1.165) is 24.0 Å². The third-order valence-corrected chi connectivity index (χ3v) is 5.29. The molecule has 29 heavy (non-hydrogen) atoms. The highest BCUT2D eigenvalue weighted by Gasteiger charge is 2.29. The number of hydrogen-bond donors (Lipinski definition) is 0. The summed E-state index contributed by atoms with van der Waals surface area (Å²) in [5, 5.41) is 0. The van der Waals surface area contributed by atoms with Gasteiger partial charge >= 0.3 is 11.9 Å². The Morgan fingerprint density at radius 1 is 0.931 bits per heavy atom. The smallest absolute Gasteiger partial charge is 0.314 e. The van der Waals surface area contributed by atoms with E-state index >= 15 is 0 Å². The molecule has 1 aliphatic rings. The fourth-order valence-electron chi connectivity index (χ4n) is 3.54. The SMILES string of the molecule is CCCCC(=O)OC1CCC(C(=O)Oc2ccc(-c3ccc(F)cc3)cc2)CC1. The Bertz CT molecular complexity index is 806. The standard InChI is InChI=1S/C24H27FO4/c1-2-3-4-23(26)28-21-15-9-19(10-16-21)24(27)29-22-13-7-18(8-14-22)17-5-11-20(25)12-6-17/h5-8,11-14,19,21H,2-4,9-10,15-16H2,1H3. The molecular formula is C24H27FO4. The van der Waals surface area contributed by atoms with Crippen LogP contribution in [0.1, 0.15) is 51.9 Å². The quantitative estimate of drug-likeness (QED) is 0.444. The van der Waals surface area contributed by atoms with Gasteiger partial charge in [-0.15, -0.1) is 0 Å². The third kappa shape index (κ3) is 6.14. The maximum atomic E-state index is 13.0. The highest BCUT2D eigenvalue weighted by Crippen LogP contribution is 2.29. The second-order valence-corrected chi connectivity index (χ2v) is 7.52. The topological polar surface area (TPSA) is 52.6 Å². The summed E-state index contributed by atoms with van der Waals surface area (Å²) in [6.07, 6.45) is 4.92. The summed E-state index contributed by atoms with van der Waals surface area (Å²) in [4.78, 5) is 24.2. The van der Waals surface area contributed by atoms with Gasteiger partial charge in [0.05, 0.1) is 5.92 Å². The van der Waals surface area contributed by atoms with E-state index in [1.165, 1.54) is 12.1 Å². The lowest BCUT2D eigenvalue weighted by Gasteiger charge is -2.27. The average Bonchev–Trinajstić information content (AvgIpc) is 2.74. The number of rotatable bonds is 7. The molecule has 0 radical (unpaired) electrons. The minimum absolute atomic E-state index is 0.0848. The maximum Gasteiger partial charge on any atom is 0.314 e. The van der Waals surface area contributed by atoms with Crippen LogP contribution in [0.3, 0.4) is 0 Å². The van der Waals surface area contributed by atoms with Crippen LogP contribution in [0.5, 0.6) is 5.75 Å². The number of unbranched alkanes of at least 4 members (excludes halogenated alkanes) is 1. The molecule has 0 aromatic heterocycles. The third-order valence-electron chi connectivity index (χ3n) is 5.29. The summed E-state index contributed by atoms with van der Waals surface area (Å²) in [5.41, 5.74) is 1.83. The fourth-order valence-corrected chi connectivity index (χ4v) is 3.54. The van der Waals surface area contributed by atoms with Crippen molar-refractivity contribution in [1.29, 1.82) is 0 Å². The molecule has 0 amide bonds. The molecule has 0 unspecified atom stereocenters. The van der Waals surface area contributed by atoms with Crippen LogP contribution in [0, 0.1) is 11.7 Å². The second kappa shape index (κ2) is 10.2. The molecule has 1 aliphatic carbocycles. The van der Waals surface area contributed by atoms with Gasteiger partial charge in [0.25, 0.3) is 0 Å². The lowest BCUT2D eigenvalue weighted by atomic mass is 9.87. The minimum atomic E-state index is -0.273. The molecule has 3 rings (SSSR count). The zero-order chi connectivity index (χ0) is 20.6. The first-order valence-electron chi connectivity index (χ1n) is 10.3. The van der Waals surface area contributed by atoms with Crippen molar-refractivity contribution >= 4 is 11.9 Å². The Labute approximate surface area is 171 Å². The number of carbonyl (C=O) groups excluding carboxylic acids is 2. The maximum absolute atomic E-state index is 13.0. The molecule has 0 N–H and O–H groups in total. The van der Waals surface area contributed by atoms with Crippen molar-refractivity contribution in [2.75, 3.05) is 0 Å². The highest BCUT2D eigenvalue weighted by atomic mass is 19.1. The van der Waals surface area contributed by atoms with Gasteiger partial charge in [0.1, 0.15) is 17.7 Å². The molecule has 0 spiro atoms. The predicted octanol–water partition coefficient (Wildman–Crippen LogP) is 5.69. The Morgan fingerprint density at radius 3 is 2.10 bits per heavy atom. The molecule has 0 aliphatic heterocycles. The Balaban J connectivity index is 1.47. The summed E-state index contributed by atoms with van der Waals surface area (Å²) >= 11 is 0. The van der Waals surface area contributed by atoms with Crippen molar-refractivity contribution < 1.29 is 23.5 Å². The zero-order valence-electron chi connectivity index (χ0n) is 16.7. The summed E-state index contributed by atoms with van der Waals surface area (Å²) < 4.78 is 24.1. The van der Waals surface area contributed by atoms with Gasteiger partial charge in [0, 0.05) is 6.42 Å². The summed E-state index contributed by atoms with van der Waals surface area (Å²) in [7, 11) is 0. The van der Waals surface area contributed by atoms with Gasteiger partial charge in [-0.2, -0.15) is 0 Å². The van der Waals surface area contributed by atoms with Gasteiger partial charge in [-0.05, 0) is 67.5 Å². The van der Waals surface area contributed by atoms with Crippen molar-refractivity contribution in [3.63, 3.8) is 0 Å². The van der Waals surface area contributed by atoms with Crippen molar-refractivity contribution in [3.05, 3.63) is 54.3 Å². The van der Waals surface area contributed by atoms with Crippen LogP contribution in [0.25, 0.3) is 11.1 Å². The number of carbonyl (C=O) groups is 2. The van der Waals surface area contributed by atoms with E-state index in [1.54, 1.807) is 24.3 Å². The van der Waals surface area contributed by atoms with E-state index in [1.807, 2.05) is 19.1 Å². The highest BCUT2D eigenvalue weighted by molar-refractivity contribution is 5.75. The van der Waals surface area contributed by atoms with Crippen LogP contribution in [-0.4, -0.2) is 18.0 Å². The molecule has 0 bridgehead atoms. The lowest BCUT2D eigenvalue weighted by molar-refractivity contribution is -0.152. The molecule has 154 valence electrons. The van der Waals surface area contributed by atoms with Gasteiger partial charge in [-0.25, -0.2) is 4.39 Å². The Morgan fingerprint density at radius 2 is 1.52 bits per heavy atom. The molecule has 1 fully saturated rings. The van der Waals surface area contributed by atoms with Crippen LogP contribution < -0.4 is 4.74 Å². The lowest BCUT2D eigenvalue weighted by Crippen LogP contribution is -2.30. The van der Waals surface area contributed by atoms with Gasteiger partial charge in [-0.3, -0.25) is 9.59 Å². The number of benzene rings is 2. The fraction of sp³-hybridized carbons (Fsp3) is 0.417. The van der Waals surface area contributed by atoms with E-state index in [-0.39, 0.29) is 29.8 Å². The van der Waals surface area contributed by atoms with Crippen molar-refractivity contribution in [1.82, 2.24) is 0 Å². The monoisotopic (exact) mass is 398 g/mol. The van der Waals surface area contributed by atoms with Gasteiger partial charge in [0.15, 0.2) is 0 Å². The molecule has 1 saturated carbocycles. The number of esters is 2. The predicted molar refractivity (Wildman–Crippen MR) is 109 cm³/mol. The molecular weight excluding hydrogens is 371 g/mol. The Kier molecular flexibility index (Phi) is 7.39. The zero-order valence-corrected chi connectivity index (χ0v) is 16.7. The number of hydrogen-bond acceptors (Lipinski definition) is 4. The first kappa shape index (κ1) is 21.0. The van der Waals surface area contributed by atoms with E-state index in [2.05, 4.69) is 0 Å². The van der Waals surface area contributed by atoms with Crippen LogP contribution in [-0.2, 0) is 14.3 Å². The average molecular weight is 398 g/mol. The largest absolute Gasteiger partial charge is 0.462 e. The summed E-state index contributed by atoms with van der Waals surface area (Å²) in [6, 6.07) is 13.5. The molecule has 2 aromatic carbocycles. The van der Waals surface area contributed by atoms with Crippen LogP contribution in [0.2, 0.25) is 0 Å². The van der Waals surface area contributed by atoms with E-state index in [0.29, 0.717) is 37.9 Å². The van der Waals surface area contributed by atoms with E-state index < -0.39 is 0 Å². The Hall–Kier alpha value is -2.69. The molecule has 0 saturated heterocycles. The van der Waals surface area contributed by atoms with E-state index in [4.69, 9.17) is 9.47 Å². The number of halogens is 1. The molecule has 5 heteroatoms. The van der Waals surface area contributed by atoms with Crippen molar-refractivity contribution in [3.8, 4) is 16.9 Å². The van der Waals surface area contributed by atoms with Gasteiger partial charge < -0.3 is 9.47 Å². The van der Waals surface area contributed by atoms with Crippen LogP contribution in [0.15, 0.2) is 48.5 Å². The first-order valence-corrected chi connectivity index (χ1v) is 10.3. The normalized spacial score (nSPS) is 18.8. The first-order chi connectivity index (χ1) is 14.0. The van der Waals surface area contributed by atoms with E-state index in [9.17, 15) is 14.0 Å².